The Kier molecular flexibility index (Phi) is 6.01. The second kappa shape index (κ2) is 7.34. The highest BCUT2D eigenvalue weighted by atomic mass is 32.1. The molecule has 0 saturated heterocycles. The Morgan fingerprint density at radius 3 is 2.50 bits per heavy atom. The van der Waals surface area contributed by atoms with Crippen LogP contribution in [0.2, 0.25) is 0 Å². The van der Waals surface area contributed by atoms with Gasteiger partial charge in [0.2, 0.25) is 5.91 Å². The zero-order chi connectivity index (χ0) is 11.8. The van der Waals surface area contributed by atoms with Crippen LogP contribution in [0, 0.1) is 0 Å². The molecule has 1 rings (SSSR count). The summed E-state index contributed by atoms with van der Waals surface area (Å²) in [5, 5.41) is -0.281. The predicted molar refractivity (Wildman–Crippen MR) is 70.6 cm³/mol. The number of nitrogens with two attached hydrogens (primary N) is 1. The van der Waals surface area contributed by atoms with Crippen molar-refractivity contribution in [3.05, 3.63) is 35.9 Å². The average Bonchev–Trinajstić information content (AvgIpc) is 2.29. The van der Waals surface area contributed by atoms with Crippen molar-refractivity contribution in [2.45, 2.75) is 37.4 Å². The van der Waals surface area contributed by atoms with Crippen molar-refractivity contribution in [2.24, 2.45) is 5.73 Å². The molecule has 0 aliphatic heterocycles. The summed E-state index contributed by atoms with van der Waals surface area (Å²) in [7, 11) is 0. The molecule has 2 N–H and O–H groups in total. The van der Waals surface area contributed by atoms with Crippen LogP contribution in [-0.2, 0) is 11.2 Å². The van der Waals surface area contributed by atoms with E-state index in [1.807, 2.05) is 6.07 Å². The molecule has 3 heteroatoms. The number of benzene rings is 1. The van der Waals surface area contributed by atoms with Gasteiger partial charge in [0, 0.05) is 0 Å². The summed E-state index contributed by atoms with van der Waals surface area (Å²) in [6.07, 6.45) is 5.19. The lowest BCUT2D eigenvalue weighted by Gasteiger charge is -2.05. The fourth-order valence-corrected chi connectivity index (χ4v) is 1.81. The van der Waals surface area contributed by atoms with Crippen LogP contribution in [0.5, 0.6) is 0 Å². The minimum Gasteiger partial charge on any atom is -0.369 e. The topological polar surface area (TPSA) is 43.1 Å². The summed E-state index contributed by atoms with van der Waals surface area (Å²) in [6.45, 7) is 0. The molecule has 1 aromatic rings. The molecule has 0 aliphatic carbocycles. The number of primary amides is 1. The second-order valence-electron chi connectivity index (χ2n) is 4.00. The van der Waals surface area contributed by atoms with E-state index in [1.165, 1.54) is 5.56 Å². The molecule has 0 spiro atoms. The summed E-state index contributed by atoms with van der Waals surface area (Å²) in [5.74, 6) is -0.314. The van der Waals surface area contributed by atoms with Gasteiger partial charge in [0.05, 0.1) is 5.25 Å². The molecule has 2 nitrogen and oxygen atoms in total. The van der Waals surface area contributed by atoms with Crippen LogP contribution >= 0.6 is 12.6 Å². The van der Waals surface area contributed by atoms with E-state index in [0.717, 1.165) is 32.1 Å². The van der Waals surface area contributed by atoms with Gasteiger partial charge < -0.3 is 5.73 Å². The van der Waals surface area contributed by atoms with Gasteiger partial charge in [-0.1, -0.05) is 43.2 Å². The normalized spacial score (nSPS) is 12.3. The first-order valence-electron chi connectivity index (χ1n) is 5.71. The van der Waals surface area contributed by atoms with Gasteiger partial charge >= 0.3 is 0 Å². The molecule has 0 fully saturated rings. The van der Waals surface area contributed by atoms with Crippen LogP contribution in [0.15, 0.2) is 30.3 Å². The van der Waals surface area contributed by atoms with Gasteiger partial charge in [-0.15, -0.1) is 0 Å². The van der Waals surface area contributed by atoms with Crippen molar-refractivity contribution in [3.8, 4) is 0 Å². The molecular formula is C13H19NOS. The van der Waals surface area contributed by atoms with E-state index in [4.69, 9.17) is 5.73 Å². The number of thiol groups is 1. The maximum Gasteiger partial charge on any atom is 0.230 e. The largest absolute Gasteiger partial charge is 0.369 e. The lowest BCUT2D eigenvalue weighted by atomic mass is 10.1. The Morgan fingerprint density at radius 2 is 1.88 bits per heavy atom. The molecule has 0 bridgehead atoms. The molecule has 1 atom stereocenters. The highest BCUT2D eigenvalue weighted by Crippen LogP contribution is 2.11. The van der Waals surface area contributed by atoms with Crippen LogP contribution in [0.3, 0.4) is 0 Å². The molecule has 0 aromatic heterocycles. The Morgan fingerprint density at radius 1 is 1.19 bits per heavy atom. The molecule has 88 valence electrons. The molecular weight excluding hydrogens is 218 g/mol. The first kappa shape index (κ1) is 13.1. The van der Waals surface area contributed by atoms with E-state index >= 15 is 0 Å². The van der Waals surface area contributed by atoms with Gasteiger partial charge in [-0.25, -0.2) is 0 Å². The molecule has 0 radical (unpaired) electrons. The molecule has 0 heterocycles. The smallest absolute Gasteiger partial charge is 0.230 e. The number of carbonyl (C=O) groups excluding carboxylic acids is 1. The second-order valence-corrected chi connectivity index (χ2v) is 4.63. The van der Waals surface area contributed by atoms with Crippen LogP contribution < -0.4 is 5.73 Å². The SMILES string of the molecule is NC(=O)C(S)CCCCCc1ccccc1. The fraction of sp³-hybridized carbons (Fsp3) is 0.462. The van der Waals surface area contributed by atoms with Gasteiger partial charge in [0.1, 0.15) is 0 Å². The van der Waals surface area contributed by atoms with Crippen molar-refractivity contribution in [2.75, 3.05) is 0 Å². The minimum absolute atomic E-state index is 0.281. The first-order chi connectivity index (χ1) is 7.70. The highest BCUT2D eigenvalue weighted by molar-refractivity contribution is 7.81. The predicted octanol–water partition coefficient (Wildman–Crippen LogP) is 2.57. The monoisotopic (exact) mass is 237 g/mol. The summed E-state index contributed by atoms with van der Waals surface area (Å²) >= 11 is 4.12. The van der Waals surface area contributed by atoms with Crippen molar-refractivity contribution in [3.63, 3.8) is 0 Å². The average molecular weight is 237 g/mol. The van der Waals surface area contributed by atoms with Crippen LogP contribution in [0.4, 0.5) is 0 Å². The van der Waals surface area contributed by atoms with E-state index in [2.05, 4.69) is 36.9 Å². The van der Waals surface area contributed by atoms with Crippen LogP contribution in [0.25, 0.3) is 0 Å². The third-order valence-corrected chi connectivity index (χ3v) is 3.13. The van der Waals surface area contributed by atoms with Crippen LogP contribution in [0.1, 0.15) is 31.2 Å². The summed E-state index contributed by atoms with van der Waals surface area (Å²) < 4.78 is 0. The van der Waals surface area contributed by atoms with E-state index in [-0.39, 0.29) is 11.2 Å². The van der Waals surface area contributed by atoms with Crippen molar-refractivity contribution < 1.29 is 4.79 Å². The van der Waals surface area contributed by atoms with Gasteiger partial charge in [-0.3, -0.25) is 4.79 Å². The van der Waals surface area contributed by atoms with Crippen molar-refractivity contribution >= 4 is 18.5 Å². The zero-order valence-electron chi connectivity index (χ0n) is 9.43. The van der Waals surface area contributed by atoms with Crippen molar-refractivity contribution in [1.82, 2.24) is 0 Å². The quantitative estimate of drug-likeness (QED) is 0.555. The maximum absolute atomic E-state index is 10.7. The number of aryl methyl sites for hydroxylation is 1. The standard InChI is InChI=1S/C13H19NOS/c14-13(15)12(16)10-6-2-5-9-11-7-3-1-4-8-11/h1,3-4,7-8,12,16H,2,5-6,9-10H2,(H2,14,15). The Bertz CT molecular complexity index is 313. The number of hydrogen-bond donors (Lipinski definition) is 2. The number of unbranched alkanes of at least 4 members (excludes halogenated alkanes) is 2. The zero-order valence-corrected chi connectivity index (χ0v) is 10.3. The fourth-order valence-electron chi connectivity index (χ4n) is 1.63. The first-order valence-corrected chi connectivity index (χ1v) is 6.23. The molecule has 1 aromatic carbocycles. The van der Waals surface area contributed by atoms with Gasteiger partial charge in [0.15, 0.2) is 0 Å². The van der Waals surface area contributed by atoms with Gasteiger partial charge in [0.25, 0.3) is 0 Å². The molecule has 1 unspecified atom stereocenters. The van der Waals surface area contributed by atoms with E-state index in [0.29, 0.717) is 0 Å². The molecule has 0 aliphatic rings. The third-order valence-electron chi connectivity index (χ3n) is 2.61. The minimum atomic E-state index is -0.314. The van der Waals surface area contributed by atoms with Crippen molar-refractivity contribution in [1.29, 1.82) is 0 Å². The van der Waals surface area contributed by atoms with Gasteiger partial charge in [-0.2, -0.15) is 12.6 Å². The highest BCUT2D eigenvalue weighted by Gasteiger charge is 2.08. The Hall–Kier alpha value is -0.960. The molecule has 16 heavy (non-hydrogen) atoms. The van der Waals surface area contributed by atoms with Gasteiger partial charge in [-0.05, 0) is 24.8 Å². The third kappa shape index (κ3) is 5.21. The summed E-state index contributed by atoms with van der Waals surface area (Å²) in [5.41, 5.74) is 6.50. The number of amides is 1. The number of hydrogen-bond acceptors (Lipinski definition) is 2. The number of rotatable bonds is 7. The maximum atomic E-state index is 10.7. The summed E-state index contributed by atoms with van der Waals surface area (Å²) in [6, 6.07) is 10.4. The lowest BCUT2D eigenvalue weighted by molar-refractivity contribution is -0.117. The van der Waals surface area contributed by atoms with Crippen LogP contribution in [-0.4, -0.2) is 11.2 Å². The van der Waals surface area contributed by atoms with E-state index in [9.17, 15) is 4.79 Å². The Balaban J connectivity index is 2.07. The number of carbonyl (C=O) groups is 1. The molecule has 1 amide bonds. The molecule has 0 saturated carbocycles. The lowest BCUT2D eigenvalue weighted by Crippen LogP contribution is -2.23. The Labute approximate surface area is 103 Å². The van der Waals surface area contributed by atoms with E-state index < -0.39 is 0 Å². The van der Waals surface area contributed by atoms with E-state index in [1.54, 1.807) is 0 Å². The summed E-state index contributed by atoms with van der Waals surface area (Å²) in [4.78, 5) is 10.7.